The number of carbonyl (C=O) groups excluding carboxylic acids is 1. The molecule has 0 fully saturated rings. The van der Waals surface area contributed by atoms with Crippen LogP contribution in [-0.2, 0) is 9.63 Å². The van der Waals surface area contributed by atoms with E-state index < -0.39 is 6.10 Å². The molecule has 22 heavy (non-hydrogen) atoms. The number of carbonyl (C=O) groups is 1. The number of hydrogen-bond acceptors (Lipinski definition) is 4. The van der Waals surface area contributed by atoms with Crippen molar-refractivity contribution in [2.45, 2.75) is 32.8 Å². The average molecular weight is 316 g/mol. The molecule has 0 aliphatic rings. The second-order valence-electron chi connectivity index (χ2n) is 5.23. The van der Waals surface area contributed by atoms with Gasteiger partial charge in [0.05, 0.1) is 6.21 Å². The third-order valence-corrected chi connectivity index (χ3v) is 3.96. The molecule has 0 aliphatic carbocycles. The lowest BCUT2D eigenvalue weighted by molar-refractivity contribution is -0.126. The Kier molecular flexibility index (Phi) is 5.72. The van der Waals surface area contributed by atoms with Gasteiger partial charge in [-0.25, -0.2) is 0 Å². The standard InChI is InChI=1S/C17H20N2O2S/c1-12(2)15-8-4-5-9-16(15)19-17(20)13(3)21-18-11-14-7-6-10-22-14/h4-13H,1-3H3,(H,19,20). The van der Waals surface area contributed by atoms with Gasteiger partial charge in [-0.1, -0.05) is 43.3 Å². The number of nitrogens with one attached hydrogen (secondary N) is 1. The molecule has 0 saturated heterocycles. The van der Waals surface area contributed by atoms with E-state index in [4.69, 9.17) is 4.84 Å². The van der Waals surface area contributed by atoms with Gasteiger partial charge in [-0.15, -0.1) is 11.3 Å². The molecule has 0 spiro atoms. The first-order valence-electron chi connectivity index (χ1n) is 7.20. The number of anilines is 1. The summed E-state index contributed by atoms with van der Waals surface area (Å²) < 4.78 is 0. The maximum atomic E-state index is 12.2. The van der Waals surface area contributed by atoms with E-state index in [1.165, 1.54) is 0 Å². The molecule has 4 nitrogen and oxygen atoms in total. The molecule has 2 rings (SSSR count). The van der Waals surface area contributed by atoms with Crippen molar-refractivity contribution in [3.8, 4) is 0 Å². The molecular formula is C17H20N2O2S. The summed E-state index contributed by atoms with van der Waals surface area (Å²) in [6, 6.07) is 11.7. The zero-order valence-electron chi connectivity index (χ0n) is 12.9. The van der Waals surface area contributed by atoms with Gasteiger partial charge in [0, 0.05) is 10.6 Å². The monoisotopic (exact) mass is 316 g/mol. The van der Waals surface area contributed by atoms with Crippen LogP contribution in [0.3, 0.4) is 0 Å². The molecule has 1 N–H and O–H groups in total. The fourth-order valence-corrected chi connectivity index (χ4v) is 2.51. The summed E-state index contributed by atoms with van der Waals surface area (Å²) in [5, 5.41) is 8.72. The Morgan fingerprint density at radius 1 is 1.23 bits per heavy atom. The highest BCUT2D eigenvalue weighted by Gasteiger charge is 2.16. The van der Waals surface area contributed by atoms with Gasteiger partial charge in [-0.05, 0) is 35.9 Å². The Bertz CT molecular complexity index is 636. The van der Waals surface area contributed by atoms with Crippen LogP contribution in [0, 0.1) is 0 Å². The molecule has 1 unspecified atom stereocenters. The van der Waals surface area contributed by atoms with E-state index >= 15 is 0 Å². The van der Waals surface area contributed by atoms with Gasteiger partial charge < -0.3 is 10.2 Å². The van der Waals surface area contributed by atoms with Crippen molar-refractivity contribution in [3.05, 3.63) is 52.2 Å². The molecule has 0 bridgehead atoms. The van der Waals surface area contributed by atoms with Crippen LogP contribution in [0.5, 0.6) is 0 Å². The first-order chi connectivity index (χ1) is 10.6. The lowest BCUT2D eigenvalue weighted by Crippen LogP contribution is -2.27. The molecule has 2 aromatic rings. The number of benzene rings is 1. The molecule has 0 aliphatic heterocycles. The second kappa shape index (κ2) is 7.75. The minimum Gasteiger partial charge on any atom is -0.383 e. The normalized spacial score (nSPS) is 12.5. The Hall–Kier alpha value is -2.14. The number of para-hydroxylation sites is 1. The summed E-state index contributed by atoms with van der Waals surface area (Å²) in [6.07, 6.45) is 0.952. The SMILES string of the molecule is CC(ON=Cc1cccs1)C(=O)Nc1ccccc1C(C)C. The summed E-state index contributed by atoms with van der Waals surface area (Å²) in [4.78, 5) is 18.4. The highest BCUT2D eigenvalue weighted by molar-refractivity contribution is 7.11. The topological polar surface area (TPSA) is 50.7 Å². The Labute approximate surface area is 134 Å². The van der Waals surface area contributed by atoms with E-state index in [1.807, 2.05) is 41.8 Å². The predicted octanol–water partition coefficient (Wildman–Crippen LogP) is 4.25. The Morgan fingerprint density at radius 2 is 2.00 bits per heavy atom. The van der Waals surface area contributed by atoms with Gasteiger partial charge in [0.25, 0.3) is 5.91 Å². The lowest BCUT2D eigenvalue weighted by atomic mass is 10.0. The van der Waals surface area contributed by atoms with Gasteiger partial charge in [0.2, 0.25) is 6.10 Å². The molecule has 1 atom stereocenters. The molecule has 116 valence electrons. The fourth-order valence-electron chi connectivity index (χ4n) is 1.93. The number of rotatable bonds is 6. The minimum atomic E-state index is -0.656. The van der Waals surface area contributed by atoms with Crippen LogP contribution < -0.4 is 5.32 Å². The smallest absolute Gasteiger partial charge is 0.267 e. The van der Waals surface area contributed by atoms with E-state index in [-0.39, 0.29) is 5.91 Å². The average Bonchev–Trinajstić information content (AvgIpc) is 3.00. The van der Waals surface area contributed by atoms with Crippen LogP contribution in [0.15, 0.2) is 46.9 Å². The number of oxime groups is 1. The van der Waals surface area contributed by atoms with E-state index in [9.17, 15) is 4.79 Å². The van der Waals surface area contributed by atoms with Gasteiger partial charge in [-0.3, -0.25) is 4.79 Å². The van der Waals surface area contributed by atoms with Crippen LogP contribution in [0.2, 0.25) is 0 Å². The highest BCUT2D eigenvalue weighted by atomic mass is 32.1. The Balaban J connectivity index is 1.94. The number of amides is 1. The van der Waals surface area contributed by atoms with Crippen molar-refractivity contribution < 1.29 is 9.63 Å². The van der Waals surface area contributed by atoms with Crippen LogP contribution in [0.4, 0.5) is 5.69 Å². The lowest BCUT2D eigenvalue weighted by Gasteiger charge is -2.15. The number of thiophene rings is 1. The van der Waals surface area contributed by atoms with Crippen LogP contribution >= 0.6 is 11.3 Å². The van der Waals surface area contributed by atoms with E-state index in [2.05, 4.69) is 24.3 Å². The van der Waals surface area contributed by atoms with Crippen molar-refractivity contribution in [3.63, 3.8) is 0 Å². The predicted molar refractivity (Wildman–Crippen MR) is 91.6 cm³/mol. The van der Waals surface area contributed by atoms with Crippen molar-refractivity contribution in [1.29, 1.82) is 0 Å². The Morgan fingerprint density at radius 3 is 2.68 bits per heavy atom. The second-order valence-corrected chi connectivity index (χ2v) is 6.21. The molecule has 1 heterocycles. The number of hydrogen-bond donors (Lipinski definition) is 1. The third kappa shape index (κ3) is 4.43. The summed E-state index contributed by atoms with van der Waals surface area (Å²) in [5.41, 5.74) is 1.92. The minimum absolute atomic E-state index is 0.212. The van der Waals surface area contributed by atoms with E-state index in [0.29, 0.717) is 5.92 Å². The molecule has 0 radical (unpaired) electrons. The molecule has 1 aromatic carbocycles. The van der Waals surface area contributed by atoms with Crippen molar-refractivity contribution in [1.82, 2.24) is 0 Å². The molecule has 1 aromatic heterocycles. The quantitative estimate of drug-likeness (QED) is 0.640. The van der Waals surface area contributed by atoms with Crippen molar-refractivity contribution >= 4 is 29.1 Å². The summed E-state index contributed by atoms with van der Waals surface area (Å²) in [5.74, 6) is 0.126. The zero-order chi connectivity index (χ0) is 15.9. The zero-order valence-corrected chi connectivity index (χ0v) is 13.8. The molecule has 0 saturated carbocycles. The van der Waals surface area contributed by atoms with Gasteiger partial charge >= 0.3 is 0 Å². The van der Waals surface area contributed by atoms with Crippen LogP contribution in [-0.4, -0.2) is 18.2 Å². The highest BCUT2D eigenvalue weighted by Crippen LogP contribution is 2.23. The van der Waals surface area contributed by atoms with Gasteiger partial charge in [0.15, 0.2) is 0 Å². The largest absolute Gasteiger partial charge is 0.383 e. The van der Waals surface area contributed by atoms with Crippen molar-refractivity contribution in [2.24, 2.45) is 5.16 Å². The van der Waals surface area contributed by atoms with E-state index in [0.717, 1.165) is 16.1 Å². The van der Waals surface area contributed by atoms with E-state index in [1.54, 1.807) is 24.5 Å². The maximum Gasteiger partial charge on any atom is 0.267 e. The molecular weight excluding hydrogens is 296 g/mol. The first kappa shape index (κ1) is 16.2. The third-order valence-electron chi connectivity index (χ3n) is 3.15. The maximum absolute atomic E-state index is 12.2. The van der Waals surface area contributed by atoms with Crippen molar-refractivity contribution in [2.75, 3.05) is 5.32 Å². The fraction of sp³-hybridized carbons (Fsp3) is 0.294. The van der Waals surface area contributed by atoms with Gasteiger partial charge in [-0.2, -0.15) is 0 Å². The molecule has 1 amide bonds. The summed E-state index contributed by atoms with van der Waals surface area (Å²) in [7, 11) is 0. The summed E-state index contributed by atoms with van der Waals surface area (Å²) in [6.45, 7) is 5.87. The summed E-state index contributed by atoms with van der Waals surface area (Å²) >= 11 is 1.56. The van der Waals surface area contributed by atoms with Crippen LogP contribution in [0.25, 0.3) is 0 Å². The molecule has 5 heteroatoms. The number of nitrogens with zero attached hydrogens (tertiary/aromatic N) is 1. The van der Waals surface area contributed by atoms with Crippen LogP contribution in [0.1, 0.15) is 37.1 Å². The first-order valence-corrected chi connectivity index (χ1v) is 8.08. The van der Waals surface area contributed by atoms with Gasteiger partial charge in [0.1, 0.15) is 0 Å².